The maximum atomic E-state index is 12.5. The van der Waals surface area contributed by atoms with Gasteiger partial charge in [-0.25, -0.2) is 0 Å². The largest absolute Gasteiger partial charge is 0.482 e. The van der Waals surface area contributed by atoms with Gasteiger partial charge in [-0.1, -0.05) is 26.8 Å². The number of hydrogen-bond acceptors (Lipinski definition) is 4. The van der Waals surface area contributed by atoms with E-state index in [0.717, 1.165) is 17.4 Å². The van der Waals surface area contributed by atoms with E-state index in [1.807, 2.05) is 26.8 Å². The normalized spacial score (nSPS) is 13.7. The van der Waals surface area contributed by atoms with Gasteiger partial charge in [-0.3, -0.25) is 14.4 Å². The molecule has 2 aromatic rings. The van der Waals surface area contributed by atoms with Gasteiger partial charge in [0.25, 0.3) is 5.91 Å². The molecule has 0 spiro atoms. The average Bonchev–Trinajstić information content (AvgIpc) is 2.62. The number of benzene rings is 2. The number of fused-ring (bicyclic) bond motifs is 1. The summed E-state index contributed by atoms with van der Waals surface area (Å²) in [7, 11) is 0. The summed E-state index contributed by atoms with van der Waals surface area (Å²) in [6.45, 7) is 6.31. The second-order valence-electron chi connectivity index (χ2n) is 7.65. The Morgan fingerprint density at radius 1 is 1.22 bits per heavy atom. The van der Waals surface area contributed by atoms with Crippen LogP contribution in [0.5, 0.6) is 5.75 Å². The highest BCUT2D eigenvalue weighted by Gasteiger charge is 2.27. The number of ether oxygens (including phenoxy) is 1. The smallest absolute Gasteiger partial charge is 0.265 e. The van der Waals surface area contributed by atoms with Crippen LogP contribution in [0.3, 0.4) is 0 Å². The first kappa shape index (κ1) is 18.6. The van der Waals surface area contributed by atoms with E-state index in [1.165, 1.54) is 0 Å². The lowest BCUT2D eigenvalue weighted by molar-refractivity contribution is -0.121. The van der Waals surface area contributed by atoms with Crippen LogP contribution in [0.15, 0.2) is 36.4 Å². The zero-order valence-corrected chi connectivity index (χ0v) is 15.6. The fourth-order valence-corrected chi connectivity index (χ4v) is 3.01. The average molecular weight is 366 g/mol. The molecule has 0 saturated heterocycles. The maximum Gasteiger partial charge on any atom is 0.265 e. The zero-order valence-electron chi connectivity index (χ0n) is 15.6. The SMILES string of the molecule is CC(C)(C)c1cc(CN2C(=O)COc3ccc(C=O)cc32)cc(C(N)=O)c1. The Morgan fingerprint density at radius 3 is 2.59 bits per heavy atom. The fraction of sp³-hybridized carbons (Fsp3) is 0.286. The molecule has 1 aliphatic heterocycles. The first-order chi connectivity index (χ1) is 12.7. The van der Waals surface area contributed by atoms with Gasteiger partial charge in [0.2, 0.25) is 5.91 Å². The molecule has 140 valence electrons. The van der Waals surface area contributed by atoms with Gasteiger partial charge >= 0.3 is 0 Å². The van der Waals surface area contributed by atoms with E-state index in [4.69, 9.17) is 10.5 Å². The van der Waals surface area contributed by atoms with Crippen molar-refractivity contribution in [3.63, 3.8) is 0 Å². The second-order valence-corrected chi connectivity index (χ2v) is 7.65. The molecule has 0 bridgehead atoms. The lowest BCUT2D eigenvalue weighted by Crippen LogP contribution is -2.38. The van der Waals surface area contributed by atoms with Crippen molar-refractivity contribution < 1.29 is 19.1 Å². The molecule has 6 nitrogen and oxygen atoms in total. The third-order valence-electron chi connectivity index (χ3n) is 4.55. The lowest BCUT2D eigenvalue weighted by atomic mass is 9.85. The number of rotatable bonds is 4. The van der Waals surface area contributed by atoms with Crippen LogP contribution >= 0.6 is 0 Å². The predicted molar refractivity (Wildman–Crippen MR) is 102 cm³/mol. The van der Waals surface area contributed by atoms with Crippen LogP contribution in [0.2, 0.25) is 0 Å². The van der Waals surface area contributed by atoms with E-state index in [0.29, 0.717) is 22.6 Å². The Labute approximate surface area is 157 Å². The Bertz CT molecular complexity index is 928. The minimum absolute atomic E-state index is 0.0743. The van der Waals surface area contributed by atoms with Gasteiger partial charge in [0.05, 0.1) is 12.2 Å². The monoisotopic (exact) mass is 366 g/mol. The molecular formula is C21H22N2O4. The molecule has 2 aromatic carbocycles. The van der Waals surface area contributed by atoms with Crippen molar-refractivity contribution in [2.75, 3.05) is 11.5 Å². The summed E-state index contributed by atoms with van der Waals surface area (Å²) in [6, 6.07) is 10.4. The van der Waals surface area contributed by atoms with E-state index in [9.17, 15) is 14.4 Å². The van der Waals surface area contributed by atoms with E-state index in [-0.39, 0.29) is 24.5 Å². The Balaban J connectivity index is 2.05. The molecule has 0 aromatic heterocycles. The minimum Gasteiger partial charge on any atom is -0.482 e. The molecule has 2 N–H and O–H groups in total. The van der Waals surface area contributed by atoms with Crippen LogP contribution in [0.1, 0.15) is 52.6 Å². The summed E-state index contributed by atoms with van der Waals surface area (Å²) in [6.07, 6.45) is 0.725. The van der Waals surface area contributed by atoms with Crippen molar-refractivity contribution in [1.29, 1.82) is 0 Å². The quantitative estimate of drug-likeness (QED) is 0.843. The maximum absolute atomic E-state index is 12.5. The molecule has 1 heterocycles. The molecule has 27 heavy (non-hydrogen) atoms. The highest BCUT2D eigenvalue weighted by molar-refractivity contribution is 5.99. The molecule has 0 radical (unpaired) electrons. The summed E-state index contributed by atoms with van der Waals surface area (Å²) in [5, 5.41) is 0. The number of carbonyl (C=O) groups is 3. The van der Waals surface area contributed by atoms with Crippen molar-refractivity contribution in [3.8, 4) is 5.75 Å². The number of nitrogens with zero attached hydrogens (tertiary/aromatic N) is 1. The van der Waals surface area contributed by atoms with E-state index in [2.05, 4.69) is 0 Å². The Hall–Kier alpha value is -3.15. The Morgan fingerprint density at radius 2 is 1.96 bits per heavy atom. The lowest BCUT2D eigenvalue weighted by Gasteiger charge is -2.30. The van der Waals surface area contributed by atoms with Gasteiger partial charge in [0.1, 0.15) is 12.0 Å². The molecule has 6 heteroatoms. The number of primary amides is 1. The van der Waals surface area contributed by atoms with Crippen molar-refractivity contribution in [2.24, 2.45) is 5.73 Å². The molecule has 1 aliphatic rings. The molecule has 0 atom stereocenters. The number of anilines is 1. The van der Waals surface area contributed by atoms with Crippen LogP contribution in [0, 0.1) is 0 Å². The van der Waals surface area contributed by atoms with E-state index >= 15 is 0 Å². The van der Waals surface area contributed by atoms with Gasteiger partial charge < -0.3 is 15.4 Å². The summed E-state index contributed by atoms with van der Waals surface area (Å²) in [5.74, 6) is -0.186. The molecule has 3 rings (SSSR count). The summed E-state index contributed by atoms with van der Waals surface area (Å²) >= 11 is 0. The van der Waals surface area contributed by atoms with E-state index in [1.54, 1.807) is 35.2 Å². The number of amides is 2. The third kappa shape index (κ3) is 3.84. The molecule has 0 aliphatic carbocycles. The van der Waals surface area contributed by atoms with Crippen LogP contribution in [-0.4, -0.2) is 24.7 Å². The van der Waals surface area contributed by atoms with Crippen LogP contribution in [-0.2, 0) is 16.8 Å². The Kier molecular flexibility index (Phi) is 4.74. The zero-order chi connectivity index (χ0) is 19.8. The topological polar surface area (TPSA) is 89.7 Å². The van der Waals surface area contributed by atoms with Crippen molar-refractivity contribution in [3.05, 3.63) is 58.7 Å². The third-order valence-corrected chi connectivity index (χ3v) is 4.55. The van der Waals surface area contributed by atoms with Crippen LogP contribution < -0.4 is 15.4 Å². The van der Waals surface area contributed by atoms with Crippen molar-refractivity contribution >= 4 is 23.8 Å². The molecule has 0 fully saturated rings. The minimum atomic E-state index is -0.515. The van der Waals surface area contributed by atoms with Crippen LogP contribution in [0.4, 0.5) is 5.69 Å². The highest BCUT2D eigenvalue weighted by Crippen LogP contribution is 2.34. The molecule has 0 unspecified atom stereocenters. The van der Waals surface area contributed by atoms with Crippen molar-refractivity contribution in [1.82, 2.24) is 0 Å². The number of nitrogens with two attached hydrogens (primary N) is 1. The number of hydrogen-bond donors (Lipinski definition) is 1. The van der Waals surface area contributed by atoms with Gasteiger partial charge in [-0.2, -0.15) is 0 Å². The molecule has 0 saturated carbocycles. The van der Waals surface area contributed by atoms with E-state index < -0.39 is 5.91 Å². The summed E-state index contributed by atoms with van der Waals surface area (Å²) in [5.41, 5.74) is 8.45. The summed E-state index contributed by atoms with van der Waals surface area (Å²) in [4.78, 5) is 36.9. The van der Waals surface area contributed by atoms with Gasteiger partial charge in [-0.05, 0) is 46.9 Å². The predicted octanol–water partition coefficient (Wildman–Crippen LogP) is 2.82. The number of aldehydes is 1. The molecule has 2 amide bonds. The van der Waals surface area contributed by atoms with Crippen molar-refractivity contribution in [2.45, 2.75) is 32.7 Å². The first-order valence-electron chi connectivity index (χ1n) is 8.65. The first-order valence-corrected chi connectivity index (χ1v) is 8.65. The second kappa shape index (κ2) is 6.87. The standard InChI is InChI=1S/C21H22N2O4/c1-21(2,3)16-7-14(6-15(9-16)20(22)26)10-23-17-8-13(11-24)4-5-18(17)27-12-19(23)25/h4-9,11H,10,12H2,1-3H3,(H2,22,26). The number of carbonyl (C=O) groups excluding carboxylic acids is 3. The van der Waals surface area contributed by atoms with Crippen LogP contribution in [0.25, 0.3) is 0 Å². The van der Waals surface area contributed by atoms with Gasteiger partial charge in [0, 0.05) is 11.1 Å². The summed E-state index contributed by atoms with van der Waals surface area (Å²) < 4.78 is 5.46. The fourth-order valence-electron chi connectivity index (χ4n) is 3.01. The van der Waals surface area contributed by atoms with Gasteiger partial charge in [-0.15, -0.1) is 0 Å². The van der Waals surface area contributed by atoms with Gasteiger partial charge in [0.15, 0.2) is 6.61 Å². The highest BCUT2D eigenvalue weighted by atomic mass is 16.5. The molecular weight excluding hydrogens is 344 g/mol.